The van der Waals surface area contributed by atoms with E-state index in [2.05, 4.69) is 17.6 Å². The summed E-state index contributed by atoms with van der Waals surface area (Å²) in [6.07, 6.45) is 8.96. The molecule has 2 aliphatic rings. The Labute approximate surface area is 151 Å². The third-order valence-electron chi connectivity index (χ3n) is 5.78. The van der Waals surface area contributed by atoms with Crippen molar-refractivity contribution in [2.45, 2.75) is 90.6 Å². The maximum absolute atomic E-state index is 12.7. The molecule has 4 atom stereocenters. The average Bonchev–Trinajstić information content (AvgIpc) is 3.28. The summed E-state index contributed by atoms with van der Waals surface area (Å²) in [5, 5.41) is 5.62. The fraction of sp³-hybridized carbons (Fsp3) is 0.850. The van der Waals surface area contributed by atoms with Crippen LogP contribution in [0.2, 0.25) is 0 Å². The summed E-state index contributed by atoms with van der Waals surface area (Å²) in [7, 11) is 0. The average molecular weight is 351 g/mol. The molecule has 2 aliphatic carbocycles. The number of carbonyl (C=O) groups excluding carboxylic acids is 3. The largest absolute Gasteiger partial charge is 0.347 e. The van der Waals surface area contributed by atoms with Gasteiger partial charge >= 0.3 is 0 Å². The predicted octanol–water partition coefficient (Wildman–Crippen LogP) is 2.97. The first-order valence-corrected chi connectivity index (χ1v) is 10.1. The lowest BCUT2D eigenvalue weighted by molar-refractivity contribution is -0.140. The molecule has 0 aromatic heterocycles. The van der Waals surface area contributed by atoms with Gasteiger partial charge in [0.15, 0.2) is 0 Å². The second-order valence-electron chi connectivity index (χ2n) is 7.89. The second-order valence-corrected chi connectivity index (χ2v) is 7.89. The molecule has 142 valence electrons. The van der Waals surface area contributed by atoms with Crippen LogP contribution in [0.15, 0.2) is 0 Å². The number of carbonyl (C=O) groups is 3. The van der Waals surface area contributed by atoms with Crippen LogP contribution in [0.25, 0.3) is 0 Å². The summed E-state index contributed by atoms with van der Waals surface area (Å²) in [5.41, 5.74) is 0. The highest BCUT2D eigenvalue weighted by molar-refractivity contribution is 6.38. The van der Waals surface area contributed by atoms with E-state index in [1.54, 1.807) is 0 Å². The van der Waals surface area contributed by atoms with Crippen LogP contribution in [0, 0.1) is 17.8 Å². The zero-order chi connectivity index (χ0) is 18.4. The number of Topliss-reactive ketones (excluding diaryl/α,β-unsaturated/α-hetero) is 1. The Bertz CT molecular complexity index is 487. The summed E-state index contributed by atoms with van der Waals surface area (Å²) in [4.78, 5) is 37.2. The standard InChI is InChI=1S/C20H34N2O3/c1-4-7-14-9-6-10-16(14)13(3)19(24)22-17(8-5-2)18(23)20(25)21-15-11-12-15/h13-17H,4-12H2,1-3H3,(H,21,25)(H,22,24)/t13-,14+,16+,17-/m0/s1. The maximum atomic E-state index is 12.7. The lowest BCUT2D eigenvalue weighted by atomic mass is 9.82. The van der Waals surface area contributed by atoms with Crippen LogP contribution in [0.5, 0.6) is 0 Å². The molecular weight excluding hydrogens is 316 g/mol. The Balaban J connectivity index is 1.93. The predicted molar refractivity (Wildman–Crippen MR) is 97.9 cm³/mol. The van der Waals surface area contributed by atoms with Crippen molar-refractivity contribution >= 4 is 17.6 Å². The normalized spacial score (nSPS) is 25.2. The summed E-state index contributed by atoms with van der Waals surface area (Å²) in [6, 6.07) is -0.536. The molecule has 2 rings (SSSR count). The Morgan fingerprint density at radius 1 is 1.04 bits per heavy atom. The zero-order valence-electron chi connectivity index (χ0n) is 16.0. The molecule has 0 aromatic rings. The molecule has 2 fully saturated rings. The lowest BCUT2D eigenvalue weighted by Crippen LogP contribution is -2.50. The molecule has 0 heterocycles. The van der Waals surface area contributed by atoms with Gasteiger partial charge in [-0.25, -0.2) is 0 Å². The van der Waals surface area contributed by atoms with Crippen molar-refractivity contribution in [3.63, 3.8) is 0 Å². The van der Waals surface area contributed by atoms with Gasteiger partial charge in [-0.05, 0) is 37.5 Å². The topological polar surface area (TPSA) is 75.3 Å². The molecular formula is C20H34N2O3. The fourth-order valence-corrected chi connectivity index (χ4v) is 4.15. The minimum Gasteiger partial charge on any atom is -0.347 e. The highest BCUT2D eigenvalue weighted by Crippen LogP contribution is 2.39. The monoisotopic (exact) mass is 350 g/mol. The molecule has 0 unspecified atom stereocenters. The first kappa shape index (κ1) is 19.9. The molecule has 0 bridgehead atoms. The first-order chi connectivity index (χ1) is 12.0. The Kier molecular flexibility index (Phi) is 7.45. The van der Waals surface area contributed by atoms with Crippen LogP contribution in [-0.4, -0.2) is 29.7 Å². The number of amides is 2. The van der Waals surface area contributed by atoms with Crippen molar-refractivity contribution in [1.82, 2.24) is 10.6 Å². The van der Waals surface area contributed by atoms with E-state index in [0.717, 1.165) is 32.1 Å². The molecule has 25 heavy (non-hydrogen) atoms. The van der Waals surface area contributed by atoms with Crippen LogP contribution < -0.4 is 10.6 Å². The van der Waals surface area contributed by atoms with E-state index in [1.807, 2.05) is 13.8 Å². The number of nitrogens with one attached hydrogen (secondary N) is 2. The van der Waals surface area contributed by atoms with Gasteiger partial charge in [0.05, 0.1) is 6.04 Å². The fourth-order valence-electron chi connectivity index (χ4n) is 4.15. The molecule has 0 aliphatic heterocycles. The van der Waals surface area contributed by atoms with E-state index in [4.69, 9.17) is 0 Å². The lowest BCUT2D eigenvalue weighted by Gasteiger charge is -2.27. The van der Waals surface area contributed by atoms with Gasteiger partial charge in [0, 0.05) is 12.0 Å². The highest BCUT2D eigenvalue weighted by Gasteiger charge is 2.36. The van der Waals surface area contributed by atoms with E-state index in [0.29, 0.717) is 18.3 Å². The SMILES string of the molecule is CCC[C@@H]1CCC[C@@H]1[C@H](C)C(=O)N[C@@H](CCC)C(=O)C(=O)NC1CC1. The third kappa shape index (κ3) is 5.55. The molecule has 0 saturated heterocycles. The van der Waals surface area contributed by atoms with Crippen LogP contribution >= 0.6 is 0 Å². The van der Waals surface area contributed by atoms with Gasteiger partial charge in [-0.1, -0.05) is 52.9 Å². The van der Waals surface area contributed by atoms with E-state index in [9.17, 15) is 14.4 Å². The van der Waals surface area contributed by atoms with Crippen LogP contribution in [0.4, 0.5) is 0 Å². The third-order valence-corrected chi connectivity index (χ3v) is 5.78. The van der Waals surface area contributed by atoms with Crippen LogP contribution in [0.3, 0.4) is 0 Å². The van der Waals surface area contributed by atoms with Crippen molar-refractivity contribution in [1.29, 1.82) is 0 Å². The molecule has 2 amide bonds. The minimum absolute atomic E-state index is 0.0703. The van der Waals surface area contributed by atoms with E-state index in [1.165, 1.54) is 19.3 Å². The van der Waals surface area contributed by atoms with Gasteiger partial charge in [0.25, 0.3) is 5.91 Å². The Morgan fingerprint density at radius 3 is 2.36 bits per heavy atom. The number of rotatable bonds is 10. The summed E-state index contributed by atoms with van der Waals surface area (Å²) in [5.74, 6) is -0.192. The van der Waals surface area contributed by atoms with Gasteiger partial charge < -0.3 is 10.6 Å². The Morgan fingerprint density at radius 2 is 1.76 bits per heavy atom. The zero-order valence-corrected chi connectivity index (χ0v) is 16.0. The van der Waals surface area contributed by atoms with Gasteiger partial charge in [-0.2, -0.15) is 0 Å². The molecule has 2 saturated carbocycles. The van der Waals surface area contributed by atoms with Crippen LogP contribution in [0.1, 0.15) is 78.6 Å². The number of ketones is 1. The van der Waals surface area contributed by atoms with E-state index < -0.39 is 17.7 Å². The van der Waals surface area contributed by atoms with Crippen molar-refractivity contribution in [3.05, 3.63) is 0 Å². The minimum atomic E-state index is -0.690. The van der Waals surface area contributed by atoms with Crippen molar-refractivity contribution < 1.29 is 14.4 Å². The molecule has 0 spiro atoms. The van der Waals surface area contributed by atoms with Crippen molar-refractivity contribution in [2.75, 3.05) is 0 Å². The van der Waals surface area contributed by atoms with Gasteiger partial charge in [-0.15, -0.1) is 0 Å². The number of hydrogen-bond donors (Lipinski definition) is 2. The Hall–Kier alpha value is -1.39. The smallest absolute Gasteiger partial charge is 0.289 e. The number of hydrogen-bond acceptors (Lipinski definition) is 3. The summed E-state index contributed by atoms with van der Waals surface area (Å²) in [6.45, 7) is 6.13. The van der Waals surface area contributed by atoms with Crippen LogP contribution in [-0.2, 0) is 14.4 Å². The molecule has 0 radical (unpaired) electrons. The maximum Gasteiger partial charge on any atom is 0.289 e. The summed E-state index contributed by atoms with van der Waals surface area (Å²) < 4.78 is 0. The molecule has 0 aromatic carbocycles. The molecule has 5 heteroatoms. The molecule has 2 N–H and O–H groups in total. The van der Waals surface area contributed by atoms with E-state index >= 15 is 0 Å². The second kappa shape index (κ2) is 9.35. The first-order valence-electron chi connectivity index (χ1n) is 10.1. The van der Waals surface area contributed by atoms with Gasteiger partial charge in [0.2, 0.25) is 11.7 Å². The van der Waals surface area contributed by atoms with Gasteiger partial charge in [-0.3, -0.25) is 14.4 Å². The van der Waals surface area contributed by atoms with Crippen molar-refractivity contribution in [2.24, 2.45) is 17.8 Å². The van der Waals surface area contributed by atoms with Gasteiger partial charge in [0.1, 0.15) is 0 Å². The quantitative estimate of drug-likeness (QED) is 0.595. The molecule has 5 nitrogen and oxygen atoms in total. The van der Waals surface area contributed by atoms with E-state index in [-0.39, 0.29) is 17.9 Å². The summed E-state index contributed by atoms with van der Waals surface area (Å²) >= 11 is 0. The van der Waals surface area contributed by atoms with Crippen molar-refractivity contribution in [3.8, 4) is 0 Å². The highest BCUT2D eigenvalue weighted by atomic mass is 16.2.